The SMILES string of the molecule is CCNc1cc(C(=O)N[C@@H](Cc2cccs2)[C@@H](O)CNC(C)CCCC(C)C)cc(N2CCCCS2(O)O)c1. The molecule has 2 heterocycles. The van der Waals surface area contributed by atoms with Gasteiger partial charge in [0.1, 0.15) is 0 Å². The third kappa shape index (κ3) is 9.95. The number of rotatable bonds is 15. The Hall–Kier alpha value is -1.82. The standard InChI is InChI=1S/C29H48N4O4S2/c1-5-30-24-16-23(17-25(18-24)33-13-6-7-15-39(33,36)37)29(35)32-27(19-26-12-9-14-38-26)28(34)20-31-22(4)11-8-10-21(2)3/h9,12,14,16-18,21-22,27-28,30-31,34,36-37H,5-8,10-11,13,15,19-20H2,1-4H3,(H,32,35)/t22?,27-,28-/m0/s1. The van der Waals surface area contributed by atoms with E-state index in [0.29, 0.717) is 49.0 Å². The summed E-state index contributed by atoms with van der Waals surface area (Å²) in [7, 11) is -2.92. The Balaban J connectivity index is 1.75. The lowest BCUT2D eigenvalue weighted by molar-refractivity contribution is 0.0826. The largest absolute Gasteiger partial charge is 0.390 e. The lowest BCUT2D eigenvalue weighted by Gasteiger charge is -2.47. The Labute approximate surface area is 240 Å². The van der Waals surface area contributed by atoms with Gasteiger partial charge in [-0.3, -0.25) is 18.2 Å². The summed E-state index contributed by atoms with van der Waals surface area (Å²) in [6.45, 7) is 10.2. The predicted molar refractivity (Wildman–Crippen MR) is 166 cm³/mol. The van der Waals surface area contributed by atoms with E-state index in [2.05, 4.69) is 36.7 Å². The van der Waals surface area contributed by atoms with E-state index in [0.717, 1.165) is 36.2 Å². The van der Waals surface area contributed by atoms with Crippen molar-refractivity contribution in [2.75, 3.05) is 35.0 Å². The molecule has 0 spiro atoms. The van der Waals surface area contributed by atoms with Gasteiger partial charge in [-0.05, 0) is 68.7 Å². The fourth-order valence-corrected chi connectivity index (χ4v) is 7.32. The van der Waals surface area contributed by atoms with Gasteiger partial charge in [-0.15, -0.1) is 22.1 Å². The van der Waals surface area contributed by atoms with Gasteiger partial charge >= 0.3 is 0 Å². The minimum absolute atomic E-state index is 0.278. The summed E-state index contributed by atoms with van der Waals surface area (Å²) < 4.78 is 23.0. The van der Waals surface area contributed by atoms with Crippen molar-refractivity contribution in [1.82, 2.24) is 10.6 Å². The molecule has 0 radical (unpaired) electrons. The van der Waals surface area contributed by atoms with Gasteiger partial charge in [0, 0.05) is 48.2 Å². The number of thiophene rings is 1. The van der Waals surface area contributed by atoms with Crippen LogP contribution in [0.5, 0.6) is 0 Å². The average Bonchev–Trinajstić information content (AvgIpc) is 3.39. The van der Waals surface area contributed by atoms with E-state index in [9.17, 15) is 19.0 Å². The molecule has 0 aliphatic carbocycles. The number of carbonyl (C=O) groups is 1. The van der Waals surface area contributed by atoms with E-state index < -0.39 is 22.9 Å². The fraction of sp³-hybridized carbons (Fsp3) is 0.621. The first-order valence-corrected chi connectivity index (χ1v) is 16.8. The van der Waals surface area contributed by atoms with Crippen LogP contribution in [0.3, 0.4) is 0 Å². The normalized spacial score (nSPS) is 18.4. The van der Waals surface area contributed by atoms with Crippen LogP contribution >= 0.6 is 22.1 Å². The highest BCUT2D eigenvalue weighted by Gasteiger charge is 2.29. The fourth-order valence-electron chi connectivity index (χ4n) is 4.88. The molecule has 1 saturated heterocycles. The topological polar surface area (TPSA) is 117 Å². The molecule has 3 atom stereocenters. The highest BCUT2D eigenvalue weighted by atomic mass is 32.3. The van der Waals surface area contributed by atoms with E-state index >= 15 is 0 Å². The summed E-state index contributed by atoms with van der Waals surface area (Å²) in [4.78, 5) is 14.7. The van der Waals surface area contributed by atoms with Gasteiger partial charge in [-0.25, -0.2) is 0 Å². The van der Waals surface area contributed by atoms with Crippen LogP contribution in [0.15, 0.2) is 35.7 Å². The number of benzene rings is 1. The Morgan fingerprint density at radius 2 is 1.95 bits per heavy atom. The van der Waals surface area contributed by atoms with Gasteiger partial charge in [-0.1, -0.05) is 32.8 Å². The maximum Gasteiger partial charge on any atom is 0.251 e. The van der Waals surface area contributed by atoms with Crippen molar-refractivity contribution in [3.8, 4) is 0 Å². The van der Waals surface area contributed by atoms with Crippen LogP contribution in [0.1, 0.15) is 75.0 Å². The van der Waals surface area contributed by atoms with Gasteiger partial charge < -0.3 is 21.1 Å². The third-order valence-electron chi connectivity index (χ3n) is 7.11. The number of hydrogen-bond acceptors (Lipinski definition) is 8. The van der Waals surface area contributed by atoms with Crippen LogP contribution in [0, 0.1) is 5.92 Å². The minimum atomic E-state index is -2.92. The maximum absolute atomic E-state index is 13.6. The zero-order valence-electron chi connectivity index (χ0n) is 23.9. The van der Waals surface area contributed by atoms with Crippen molar-refractivity contribution in [2.24, 2.45) is 5.92 Å². The summed E-state index contributed by atoms with van der Waals surface area (Å²) >= 11 is 1.61. The molecular weight excluding hydrogens is 532 g/mol. The van der Waals surface area contributed by atoms with Crippen LogP contribution in [0.4, 0.5) is 11.4 Å². The van der Waals surface area contributed by atoms with Crippen molar-refractivity contribution < 1.29 is 19.0 Å². The molecule has 1 aromatic heterocycles. The molecule has 1 aliphatic rings. The third-order valence-corrected chi connectivity index (χ3v) is 9.94. The number of aliphatic hydroxyl groups excluding tert-OH is 1. The number of nitrogens with one attached hydrogen (secondary N) is 3. The Kier molecular flexibility index (Phi) is 12.4. The molecule has 1 amide bonds. The van der Waals surface area contributed by atoms with Gasteiger partial charge in [0.2, 0.25) is 0 Å². The maximum atomic E-state index is 13.6. The first-order chi connectivity index (χ1) is 18.6. The first kappa shape index (κ1) is 31.7. The van der Waals surface area contributed by atoms with Crippen molar-refractivity contribution in [1.29, 1.82) is 0 Å². The van der Waals surface area contributed by atoms with Gasteiger partial charge in [-0.2, -0.15) is 0 Å². The molecular formula is C29H48N4O4S2. The number of nitrogens with zero attached hydrogens (tertiary/aromatic N) is 1. The minimum Gasteiger partial charge on any atom is -0.390 e. The lowest BCUT2D eigenvalue weighted by Crippen LogP contribution is -2.49. The summed E-state index contributed by atoms with van der Waals surface area (Å²) in [5, 5.41) is 23.0. The summed E-state index contributed by atoms with van der Waals surface area (Å²) in [6.07, 6.45) is 4.76. The molecule has 0 saturated carbocycles. The molecule has 6 N–H and O–H groups in total. The second kappa shape index (κ2) is 15.3. The van der Waals surface area contributed by atoms with E-state index in [1.165, 1.54) is 6.42 Å². The molecule has 1 unspecified atom stereocenters. The molecule has 39 heavy (non-hydrogen) atoms. The first-order valence-electron chi connectivity index (χ1n) is 14.3. The summed E-state index contributed by atoms with van der Waals surface area (Å²) in [6, 6.07) is 9.16. The molecule has 1 aliphatic heterocycles. The van der Waals surface area contributed by atoms with E-state index in [-0.39, 0.29) is 11.9 Å². The Morgan fingerprint density at radius 1 is 1.15 bits per heavy atom. The highest BCUT2D eigenvalue weighted by molar-refractivity contribution is 8.25. The van der Waals surface area contributed by atoms with Crippen LogP contribution in [0.25, 0.3) is 0 Å². The van der Waals surface area contributed by atoms with Crippen LogP contribution in [0.2, 0.25) is 0 Å². The number of anilines is 2. The quantitative estimate of drug-likeness (QED) is 0.154. The number of amides is 1. The monoisotopic (exact) mass is 580 g/mol. The van der Waals surface area contributed by atoms with Gasteiger partial charge in [0.15, 0.2) is 0 Å². The number of carbonyl (C=O) groups excluding carboxylic acids is 1. The predicted octanol–water partition coefficient (Wildman–Crippen LogP) is 5.95. The van der Waals surface area contributed by atoms with Crippen molar-refractivity contribution in [2.45, 2.75) is 84.4 Å². The second-order valence-electron chi connectivity index (χ2n) is 11.0. The number of hydrogen-bond donors (Lipinski definition) is 6. The molecule has 8 nitrogen and oxygen atoms in total. The molecule has 1 aromatic carbocycles. The molecule has 1 fully saturated rings. The van der Waals surface area contributed by atoms with Gasteiger partial charge in [0.25, 0.3) is 5.91 Å². The smallest absolute Gasteiger partial charge is 0.251 e. The summed E-state index contributed by atoms with van der Waals surface area (Å²) in [5.74, 6) is 0.718. The van der Waals surface area contributed by atoms with Crippen molar-refractivity contribution in [3.63, 3.8) is 0 Å². The molecule has 220 valence electrons. The van der Waals surface area contributed by atoms with E-state index in [1.54, 1.807) is 27.8 Å². The van der Waals surface area contributed by atoms with Crippen LogP contribution < -0.4 is 20.3 Å². The zero-order chi connectivity index (χ0) is 28.4. The van der Waals surface area contributed by atoms with Crippen LogP contribution in [-0.2, 0) is 6.42 Å². The van der Waals surface area contributed by atoms with E-state index in [4.69, 9.17) is 0 Å². The molecule has 10 heteroatoms. The Morgan fingerprint density at radius 3 is 2.62 bits per heavy atom. The molecule has 3 rings (SSSR count). The second-order valence-corrected chi connectivity index (χ2v) is 14.2. The van der Waals surface area contributed by atoms with Crippen LogP contribution in [-0.4, -0.2) is 63.7 Å². The lowest BCUT2D eigenvalue weighted by atomic mass is 10.0. The molecule has 2 aromatic rings. The molecule has 0 bridgehead atoms. The zero-order valence-corrected chi connectivity index (χ0v) is 25.5. The van der Waals surface area contributed by atoms with Crippen molar-refractivity contribution >= 4 is 39.4 Å². The highest BCUT2D eigenvalue weighted by Crippen LogP contribution is 2.50. The number of aliphatic hydroxyl groups is 1. The Bertz CT molecular complexity index is 1020. The van der Waals surface area contributed by atoms with Crippen molar-refractivity contribution in [3.05, 3.63) is 46.2 Å². The summed E-state index contributed by atoms with van der Waals surface area (Å²) in [5.41, 5.74) is 1.78. The average molecular weight is 581 g/mol. The van der Waals surface area contributed by atoms with E-state index in [1.807, 2.05) is 30.5 Å². The van der Waals surface area contributed by atoms with Gasteiger partial charge in [0.05, 0.1) is 23.6 Å².